The number of hydrogen-bond acceptors (Lipinski definition) is 2. The van der Waals surface area contributed by atoms with Gasteiger partial charge in [-0.2, -0.15) is 0 Å². The summed E-state index contributed by atoms with van der Waals surface area (Å²) in [6.45, 7) is 7.34. The van der Waals surface area contributed by atoms with Crippen LogP contribution in [0.3, 0.4) is 0 Å². The molecule has 0 aromatic rings. The zero-order valence-corrected chi connectivity index (χ0v) is 9.38. The van der Waals surface area contributed by atoms with Crippen LogP contribution in [0.4, 0.5) is 0 Å². The van der Waals surface area contributed by atoms with E-state index in [4.69, 9.17) is 10.5 Å². The van der Waals surface area contributed by atoms with E-state index in [9.17, 15) is 0 Å². The molecule has 2 nitrogen and oxygen atoms in total. The summed E-state index contributed by atoms with van der Waals surface area (Å²) in [5.74, 6) is 0.706. The summed E-state index contributed by atoms with van der Waals surface area (Å²) in [4.78, 5) is 0. The van der Waals surface area contributed by atoms with Gasteiger partial charge in [0, 0.05) is 0 Å². The van der Waals surface area contributed by atoms with Gasteiger partial charge in [-0.25, -0.2) is 0 Å². The number of ether oxygens (including phenoxy) is 1. The van der Waals surface area contributed by atoms with Crippen molar-refractivity contribution in [1.82, 2.24) is 0 Å². The molecule has 0 aromatic carbocycles. The first-order valence-corrected chi connectivity index (χ1v) is 5.61. The van der Waals surface area contributed by atoms with Crippen LogP contribution in [0.15, 0.2) is 0 Å². The van der Waals surface area contributed by atoms with Crippen LogP contribution >= 0.6 is 0 Å². The van der Waals surface area contributed by atoms with E-state index >= 15 is 0 Å². The van der Waals surface area contributed by atoms with E-state index in [1.165, 1.54) is 25.7 Å². The van der Waals surface area contributed by atoms with Crippen LogP contribution in [0, 0.1) is 5.92 Å². The highest BCUT2D eigenvalue weighted by Gasteiger charge is 2.07. The third kappa shape index (κ3) is 7.03. The minimum atomic E-state index is -0.0596. The van der Waals surface area contributed by atoms with Crippen LogP contribution < -0.4 is 5.73 Å². The van der Waals surface area contributed by atoms with Crippen LogP contribution in [0.5, 0.6) is 0 Å². The lowest BCUT2D eigenvalue weighted by molar-refractivity contribution is 0.0276. The van der Waals surface area contributed by atoms with E-state index in [-0.39, 0.29) is 6.23 Å². The molecule has 0 rings (SSSR count). The lowest BCUT2D eigenvalue weighted by Crippen LogP contribution is -2.25. The molecule has 2 N–H and O–H groups in total. The molecular formula is C11H25NO. The Balaban J connectivity index is 3.46. The largest absolute Gasteiger partial charge is 0.363 e. The van der Waals surface area contributed by atoms with Gasteiger partial charge in [-0.05, 0) is 18.8 Å². The van der Waals surface area contributed by atoms with E-state index in [0.717, 1.165) is 13.0 Å². The fourth-order valence-corrected chi connectivity index (χ4v) is 1.28. The van der Waals surface area contributed by atoms with Crippen molar-refractivity contribution in [1.29, 1.82) is 0 Å². The molecule has 0 saturated heterocycles. The molecule has 0 amide bonds. The minimum Gasteiger partial charge on any atom is -0.363 e. The van der Waals surface area contributed by atoms with E-state index in [2.05, 4.69) is 20.8 Å². The second-order valence-corrected chi connectivity index (χ2v) is 3.70. The first-order chi connectivity index (χ1) is 6.24. The molecule has 0 aliphatic heterocycles. The Bertz CT molecular complexity index is 106. The van der Waals surface area contributed by atoms with Crippen LogP contribution in [-0.2, 0) is 4.74 Å². The standard InChI is InChI=1S/C11H25NO/c1-4-7-8-10(5-2)9-13-11(12)6-3/h10-11H,4-9,12H2,1-3H3. The van der Waals surface area contributed by atoms with Gasteiger partial charge in [0.05, 0.1) is 6.61 Å². The molecule has 0 fully saturated rings. The lowest BCUT2D eigenvalue weighted by atomic mass is 10.0. The van der Waals surface area contributed by atoms with E-state index in [1.54, 1.807) is 0 Å². The zero-order valence-electron chi connectivity index (χ0n) is 9.38. The summed E-state index contributed by atoms with van der Waals surface area (Å²) in [5.41, 5.74) is 5.68. The van der Waals surface area contributed by atoms with Crippen molar-refractivity contribution in [2.45, 2.75) is 59.1 Å². The highest BCUT2D eigenvalue weighted by atomic mass is 16.5. The molecule has 13 heavy (non-hydrogen) atoms. The molecule has 0 aliphatic carbocycles. The maximum atomic E-state index is 5.68. The second kappa shape index (κ2) is 8.52. The minimum absolute atomic E-state index is 0.0596. The van der Waals surface area contributed by atoms with E-state index in [1.807, 2.05) is 0 Å². The van der Waals surface area contributed by atoms with Gasteiger partial charge in [0.15, 0.2) is 0 Å². The quantitative estimate of drug-likeness (QED) is 0.593. The molecule has 2 heteroatoms. The van der Waals surface area contributed by atoms with Crippen molar-refractivity contribution in [3.8, 4) is 0 Å². The third-order valence-electron chi connectivity index (χ3n) is 2.49. The monoisotopic (exact) mass is 187 g/mol. The van der Waals surface area contributed by atoms with Crippen molar-refractivity contribution in [3.05, 3.63) is 0 Å². The molecule has 0 heterocycles. The average Bonchev–Trinajstić information content (AvgIpc) is 2.17. The summed E-state index contributed by atoms with van der Waals surface area (Å²) in [7, 11) is 0. The molecule has 0 aliphatic rings. The Morgan fingerprint density at radius 1 is 1.15 bits per heavy atom. The lowest BCUT2D eigenvalue weighted by Gasteiger charge is -2.17. The van der Waals surface area contributed by atoms with Gasteiger partial charge in [0.1, 0.15) is 6.23 Å². The maximum Gasteiger partial charge on any atom is 0.105 e. The van der Waals surface area contributed by atoms with Crippen molar-refractivity contribution < 1.29 is 4.74 Å². The Labute approximate surface area is 82.8 Å². The van der Waals surface area contributed by atoms with Gasteiger partial charge >= 0.3 is 0 Å². The highest BCUT2D eigenvalue weighted by Crippen LogP contribution is 2.13. The molecule has 80 valence electrons. The Morgan fingerprint density at radius 3 is 2.31 bits per heavy atom. The molecule has 0 radical (unpaired) electrons. The van der Waals surface area contributed by atoms with Crippen LogP contribution in [0.2, 0.25) is 0 Å². The summed E-state index contributed by atoms with van der Waals surface area (Å²) < 4.78 is 5.52. The smallest absolute Gasteiger partial charge is 0.105 e. The van der Waals surface area contributed by atoms with Gasteiger partial charge in [-0.3, -0.25) is 0 Å². The summed E-state index contributed by atoms with van der Waals surface area (Å²) in [5, 5.41) is 0. The maximum absolute atomic E-state index is 5.68. The predicted octanol–water partition coefficient (Wildman–Crippen LogP) is 2.91. The highest BCUT2D eigenvalue weighted by molar-refractivity contribution is 4.57. The first kappa shape index (κ1) is 12.9. The number of nitrogens with two attached hydrogens (primary N) is 1. The molecule has 2 unspecified atom stereocenters. The average molecular weight is 187 g/mol. The summed E-state index contributed by atoms with van der Waals surface area (Å²) in [6, 6.07) is 0. The summed E-state index contributed by atoms with van der Waals surface area (Å²) >= 11 is 0. The van der Waals surface area contributed by atoms with Crippen molar-refractivity contribution >= 4 is 0 Å². The van der Waals surface area contributed by atoms with Crippen LogP contribution in [0.25, 0.3) is 0 Å². The second-order valence-electron chi connectivity index (χ2n) is 3.70. The predicted molar refractivity (Wildman–Crippen MR) is 57.5 cm³/mol. The normalized spacial score (nSPS) is 15.7. The zero-order chi connectivity index (χ0) is 10.1. The fourth-order valence-electron chi connectivity index (χ4n) is 1.28. The van der Waals surface area contributed by atoms with Gasteiger partial charge in [-0.15, -0.1) is 0 Å². The number of unbranched alkanes of at least 4 members (excludes halogenated alkanes) is 1. The van der Waals surface area contributed by atoms with Gasteiger partial charge < -0.3 is 10.5 Å². The van der Waals surface area contributed by atoms with Gasteiger partial charge in [-0.1, -0.05) is 40.0 Å². The van der Waals surface area contributed by atoms with Crippen molar-refractivity contribution in [2.75, 3.05) is 6.61 Å². The van der Waals surface area contributed by atoms with E-state index < -0.39 is 0 Å². The molecule has 0 aromatic heterocycles. The number of hydrogen-bond donors (Lipinski definition) is 1. The topological polar surface area (TPSA) is 35.2 Å². The van der Waals surface area contributed by atoms with Crippen LogP contribution in [-0.4, -0.2) is 12.8 Å². The molecule has 0 spiro atoms. The fraction of sp³-hybridized carbons (Fsp3) is 1.00. The molecular weight excluding hydrogens is 162 g/mol. The van der Waals surface area contributed by atoms with Crippen LogP contribution in [0.1, 0.15) is 52.9 Å². The van der Waals surface area contributed by atoms with Gasteiger partial charge in [0.25, 0.3) is 0 Å². The van der Waals surface area contributed by atoms with Crippen molar-refractivity contribution in [2.24, 2.45) is 11.7 Å². The Kier molecular flexibility index (Phi) is 8.46. The molecule has 0 saturated carbocycles. The first-order valence-electron chi connectivity index (χ1n) is 5.61. The van der Waals surface area contributed by atoms with E-state index in [0.29, 0.717) is 5.92 Å². The molecule has 0 bridgehead atoms. The van der Waals surface area contributed by atoms with Crippen molar-refractivity contribution in [3.63, 3.8) is 0 Å². The Hall–Kier alpha value is -0.0800. The SMILES string of the molecule is CCCCC(CC)COC(N)CC. The summed E-state index contributed by atoms with van der Waals surface area (Å²) in [6.07, 6.45) is 5.92. The Morgan fingerprint density at radius 2 is 1.85 bits per heavy atom. The van der Waals surface area contributed by atoms with Gasteiger partial charge in [0.2, 0.25) is 0 Å². The number of rotatable bonds is 8. The third-order valence-corrected chi connectivity index (χ3v) is 2.49. The molecule has 2 atom stereocenters.